The number of benzene rings is 1. The highest BCUT2D eigenvalue weighted by atomic mass is 32.2. The van der Waals surface area contributed by atoms with Crippen LogP contribution in [0.4, 0.5) is 0 Å². The maximum Gasteiger partial charge on any atom is 0.243 e. The lowest BCUT2D eigenvalue weighted by atomic mass is 10.4. The molecule has 0 amide bonds. The molecule has 0 heterocycles. The van der Waals surface area contributed by atoms with E-state index >= 15 is 0 Å². The van der Waals surface area contributed by atoms with E-state index < -0.39 is 10.0 Å². The van der Waals surface area contributed by atoms with Crippen LogP contribution in [0.3, 0.4) is 0 Å². The molecule has 0 aromatic heterocycles. The Hall–Kier alpha value is -0.910. The van der Waals surface area contributed by atoms with E-state index in [1.807, 2.05) is 6.07 Å². The Kier molecular flexibility index (Phi) is 3.81. The Labute approximate surface area is 102 Å². The maximum atomic E-state index is 12.4. The quantitative estimate of drug-likeness (QED) is 0.829. The van der Waals surface area contributed by atoms with Crippen LogP contribution in [0.1, 0.15) is 19.3 Å². The van der Waals surface area contributed by atoms with Gasteiger partial charge in [-0.3, -0.25) is 0 Å². The SMILES string of the molecule is NCCCN(C1CC1)S(=O)(=O)c1ccccc1. The topological polar surface area (TPSA) is 63.4 Å². The third kappa shape index (κ3) is 2.86. The van der Waals surface area contributed by atoms with Crippen LogP contribution in [-0.4, -0.2) is 31.9 Å². The van der Waals surface area contributed by atoms with Gasteiger partial charge in [-0.2, -0.15) is 4.31 Å². The summed E-state index contributed by atoms with van der Waals surface area (Å²) >= 11 is 0. The Morgan fingerprint density at radius 3 is 2.41 bits per heavy atom. The van der Waals surface area contributed by atoms with Crippen molar-refractivity contribution < 1.29 is 8.42 Å². The molecule has 0 unspecified atom stereocenters. The first-order valence-electron chi connectivity index (χ1n) is 5.93. The minimum Gasteiger partial charge on any atom is -0.330 e. The van der Waals surface area contributed by atoms with Gasteiger partial charge in [-0.1, -0.05) is 18.2 Å². The molecular formula is C12H18N2O2S. The van der Waals surface area contributed by atoms with Crippen LogP contribution in [-0.2, 0) is 10.0 Å². The van der Waals surface area contributed by atoms with Gasteiger partial charge < -0.3 is 5.73 Å². The van der Waals surface area contributed by atoms with Crippen LogP contribution in [0, 0.1) is 0 Å². The van der Waals surface area contributed by atoms with E-state index in [0.29, 0.717) is 24.4 Å². The largest absolute Gasteiger partial charge is 0.330 e. The summed E-state index contributed by atoms with van der Waals surface area (Å²) in [6.07, 6.45) is 2.65. The molecule has 94 valence electrons. The van der Waals surface area contributed by atoms with Gasteiger partial charge in [0.2, 0.25) is 10.0 Å². The molecule has 4 nitrogen and oxygen atoms in total. The van der Waals surface area contributed by atoms with Gasteiger partial charge >= 0.3 is 0 Å². The summed E-state index contributed by atoms with van der Waals surface area (Å²) < 4.78 is 26.4. The number of rotatable bonds is 6. The normalized spacial score (nSPS) is 16.4. The van der Waals surface area contributed by atoms with Crippen molar-refractivity contribution in [1.29, 1.82) is 0 Å². The lowest BCUT2D eigenvalue weighted by molar-refractivity contribution is 0.399. The predicted octanol–water partition coefficient (Wildman–Crippen LogP) is 1.19. The standard InChI is InChI=1S/C12H18N2O2S/c13-9-4-10-14(11-7-8-11)17(15,16)12-5-2-1-3-6-12/h1-3,5-6,11H,4,7-10,13H2. The zero-order valence-corrected chi connectivity index (χ0v) is 10.6. The first-order chi connectivity index (χ1) is 8.16. The molecule has 0 radical (unpaired) electrons. The number of nitrogens with zero attached hydrogens (tertiary/aromatic N) is 1. The van der Waals surface area contributed by atoms with E-state index in [4.69, 9.17) is 5.73 Å². The summed E-state index contributed by atoms with van der Waals surface area (Å²) in [7, 11) is -3.33. The summed E-state index contributed by atoms with van der Waals surface area (Å²) in [5.74, 6) is 0. The third-order valence-corrected chi connectivity index (χ3v) is 4.85. The smallest absolute Gasteiger partial charge is 0.243 e. The number of sulfonamides is 1. The number of nitrogens with two attached hydrogens (primary N) is 1. The lowest BCUT2D eigenvalue weighted by Crippen LogP contribution is -2.34. The van der Waals surface area contributed by atoms with E-state index in [-0.39, 0.29) is 6.04 Å². The Morgan fingerprint density at radius 2 is 1.88 bits per heavy atom. The summed E-state index contributed by atoms with van der Waals surface area (Å²) in [5, 5.41) is 0. The van der Waals surface area contributed by atoms with Crippen molar-refractivity contribution in [3.05, 3.63) is 30.3 Å². The second-order valence-electron chi connectivity index (χ2n) is 4.30. The molecule has 1 saturated carbocycles. The van der Waals surface area contributed by atoms with Gasteiger partial charge in [0.05, 0.1) is 4.90 Å². The average molecular weight is 254 g/mol. The van der Waals surface area contributed by atoms with Crippen molar-refractivity contribution in [2.75, 3.05) is 13.1 Å². The summed E-state index contributed by atoms with van der Waals surface area (Å²) in [4.78, 5) is 0.379. The first kappa shape index (κ1) is 12.5. The molecule has 2 rings (SSSR count). The van der Waals surface area contributed by atoms with Crippen LogP contribution in [0.2, 0.25) is 0 Å². The highest BCUT2D eigenvalue weighted by molar-refractivity contribution is 7.89. The fourth-order valence-corrected chi connectivity index (χ4v) is 3.58. The molecule has 0 bridgehead atoms. The van der Waals surface area contributed by atoms with Crippen LogP contribution in [0.25, 0.3) is 0 Å². The first-order valence-corrected chi connectivity index (χ1v) is 7.37. The second-order valence-corrected chi connectivity index (χ2v) is 6.19. The Morgan fingerprint density at radius 1 is 1.24 bits per heavy atom. The van der Waals surface area contributed by atoms with Gasteiger partial charge in [0.25, 0.3) is 0 Å². The van der Waals surface area contributed by atoms with Gasteiger partial charge in [0.15, 0.2) is 0 Å². The monoisotopic (exact) mass is 254 g/mol. The molecular weight excluding hydrogens is 236 g/mol. The zero-order chi connectivity index (χ0) is 12.3. The molecule has 1 fully saturated rings. The molecule has 1 aromatic rings. The van der Waals surface area contributed by atoms with Gasteiger partial charge in [0, 0.05) is 12.6 Å². The van der Waals surface area contributed by atoms with Gasteiger partial charge in [-0.05, 0) is 37.9 Å². The van der Waals surface area contributed by atoms with Crippen molar-refractivity contribution in [2.24, 2.45) is 5.73 Å². The molecule has 1 aromatic carbocycles. The Bertz CT molecular complexity index is 455. The summed E-state index contributed by atoms with van der Waals surface area (Å²) in [6, 6.07) is 8.80. The van der Waals surface area contributed by atoms with E-state index in [0.717, 1.165) is 12.8 Å². The van der Waals surface area contributed by atoms with E-state index in [9.17, 15) is 8.42 Å². The molecule has 5 heteroatoms. The fourth-order valence-electron chi connectivity index (χ4n) is 1.84. The molecule has 1 aliphatic rings. The molecule has 0 saturated heterocycles. The fraction of sp³-hybridized carbons (Fsp3) is 0.500. The van der Waals surface area contributed by atoms with Crippen molar-refractivity contribution >= 4 is 10.0 Å². The van der Waals surface area contributed by atoms with Crippen LogP contribution in [0.5, 0.6) is 0 Å². The summed E-state index contributed by atoms with van der Waals surface area (Å²) in [6.45, 7) is 1.05. The maximum absolute atomic E-state index is 12.4. The van der Waals surface area contributed by atoms with Gasteiger partial charge in [0.1, 0.15) is 0 Å². The number of hydrogen-bond donors (Lipinski definition) is 1. The molecule has 2 N–H and O–H groups in total. The molecule has 0 aliphatic heterocycles. The lowest BCUT2D eigenvalue weighted by Gasteiger charge is -2.21. The van der Waals surface area contributed by atoms with E-state index in [2.05, 4.69) is 0 Å². The van der Waals surface area contributed by atoms with Crippen molar-refractivity contribution in [3.8, 4) is 0 Å². The second kappa shape index (κ2) is 5.16. The summed E-state index contributed by atoms with van der Waals surface area (Å²) in [5.41, 5.74) is 5.46. The molecule has 1 aliphatic carbocycles. The molecule has 17 heavy (non-hydrogen) atoms. The van der Waals surface area contributed by atoms with Gasteiger partial charge in [-0.15, -0.1) is 0 Å². The van der Waals surface area contributed by atoms with Crippen molar-refractivity contribution in [2.45, 2.75) is 30.2 Å². The highest BCUT2D eigenvalue weighted by Gasteiger charge is 2.37. The van der Waals surface area contributed by atoms with Crippen molar-refractivity contribution in [3.63, 3.8) is 0 Å². The van der Waals surface area contributed by atoms with Crippen LogP contribution in [0.15, 0.2) is 35.2 Å². The minimum absolute atomic E-state index is 0.187. The minimum atomic E-state index is -3.33. The van der Waals surface area contributed by atoms with E-state index in [1.54, 1.807) is 28.6 Å². The highest BCUT2D eigenvalue weighted by Crippen LogP contribution is 2.31. The van der Waals surface area contributed by atoms with Crippen LogP contribution < -0.4 is 5.73 Å². The van der Waals surface area contributed by atoms with Gasteiger partial charge in [-0.25, -0.2) is 8.42 Å². The van der Waals surface area contributed by atoms with E-state index in [1.165, 1.54) is 0 Å². The number of hydrogen-bond acceptors (Lipinski definition) is 3. The molecule has 0 spiro atoms. The Balaban J connectivity index is 2.22. The zero-order valence-electron chi connectivity index (χ0n) is 9.75. The predicted molar refractivity (Wildman–Crippen MR) is 67.0 cm³/mol. The van der Waals surface area contributed by atoms with Crippen molar-refractivity contribution in [1.82, 2.24) is 4.31 Å². The van der Waals surface area contributed by atoms with Crippen LogP contribution >= 0.6 is 0 Å². The third-order valence-electron chi connectivity index (χ3n) is 2.89. The average Bonchev–Trinajstić information content (AvgIpc) is 3.15. The molecule has 0 atom stereocenters.